The van der Waals surface area contributed by atoms with Gasteiger partial charge in [0.2, 0.25) is 5.88 Å². The van der Waals surface area contributed by atoms with Gasteiger partial charge in [-0.1, -0.05) is 6.07 Å². The highest BCUT2D eigenvalue weighted by Gasteiger charge is 2.57. The minimum Gasteiger partial charge on any atom is -0.494 e. The van der Waals surface area contributed by atoms with Crippen LogP contribution < -0.4 is 9.47 Å². The number of aromatic carboxylic acids is 1. The van der Waals surface area contributed by atoms with Crippen molar-refractivity contribution in [3.05, 3.63) is 101 Å². The Morgan fingerprint density at radius 3 is 2.60 bits per heavy atom. The van der Waals surface area contributed by atoms with E-state index < -0.39 is 17.6 Å². The number of ether oxygens (including phenoxy) is 2. The molecule has 7 rings (SSSR count). The van der Waals surface area contributed by atoms with E-state index in [1.807, 2.05) is 22.1 Å². The molecule has 47 heavy (non-hydrogen) atoms. The van der Waals surface area contributed by atoms with E-state index >= 15 is 0 Å². The minimum atomic E-state index is -1.06. The Morgan fingerprint density at radius 1 is 1.09 bits per heavy atom. The molecule has 2 atom stereocenters. The first-order valence-corrected chi connectivity index (χ1v) is 15.3. The zero-order valence-corrected chi connectivity index (χ0v) is 25.7. The maximum absolute atomic E-state index is 15.0. The van der Waals surface area contributed by atoms with E-state index in [0.29, 0.717) is 48.7 Å². The summed E-state index contributed by atoms with van der Waals surface area (Å²) in [5, 5.41) is 18.7. The van der Waals surface area contributed by atoms with Gasteiger partial charge >= 0.3 is 5.97 Å². The van der Waals surface area contributed by atoms with Crippen molar-refractivity contribution in [2.75, 3.05) is 20.2 Å². The number of aromatic nitrogens is 5. The lowest BCUT2D eigenvalue weighted by atomic mass is 10.1. The number of carboxylic acid groups (broad SMARTS) is 1. The molecule has 5 aromatic rings. The topological polar surface area (TPSA) is 131 Å². The van der Waals surface area contributed by atoms with Gasteiger partial charge in [0.25, 0.3) is 0 Å². The second-order valence-electron chi connectivity index (χ2n) is 11.9. The van der Waals surface area contributed by atoms with E-state index in [1.54, 1.807) is 18.6 Å². The summed E-state index contributed by atoms with van der Waals surface area (Å²) in [5.74, 6) is -0.292. The predicted molar refractivity (Wildman–Crippen MR) is 165 cm³/mol. The molecule has 0 spiro atoms. The molecule has 240 valence electrons. The number of hydrogen-bond donors (Lipinski definition) is 1. The second kappa shape index (κ2) is 12.1. The fourth-order valence-electron chi connectivity index (χ4n) is 6.73. The average molecular weight is 640 g/mol. The molecule has 2 fully saturated rings. The first kappa shape index (κ1) is 30.3. The maximum atomic E-state index is 15.0. The van der Waals surface area contributed by atoms with Crippen LogP contribution in [0.3, 0.4) is 0 Å². The predicted octanol–water partition coefficient (Wildman–Crippen LogP) is 4.98. The SMILES string of the molecule is CCn1cncc1Cn1c(CN2CC3C(C2)C3c2nc(OCc3ccc(C#N)cc3F)ccc2F)nc2c(OC)cc(C(=O)O)cc21. The molecule has 11 nitrogen and oxygen atoms in total. The normalized spacial score (nSPS) is 18.7. The molecule has 0 amide bonds. The summed E-state index contributed by atoms with van der Waals surface area (Å²) in [5.41, 5.74) is 3.16. The molecule has 1 aliphatic heterocycles. The Bertz CT molecular complexity index is 2040. The van der Waals surface area contributed by atoms with Crippen molar-refractivity contribution >= 4 is 17.0 Å². The van der Waals surface area contributed by atoms with Crippen LogP contribution in [0.15, 0.2) is 55.0 Å². The van der Waals surface area contributed by atoms with Crippen molar-refractivity contribution in [2.24, 2.45) is 11.8 Å². The number of halogens is 2. The van der Waals surface area contributed by atoms with Crippen LogP contribution in [-0.2, 0) is 26.2 Å². The Morgan fingerprint density at radius 2 is 1.89 bits per heavy atom. The molecule has 1 saturated heterocycles. The van der Waals surface area contributed by atoms with E-state index in [-0.39, 0.29) is 46.9 Å². The summed E-state index contributed by atoms with van der Waals surface area (Å²) in [6, 6.07) is 11.9. The van der Waals surface area contributed by atoms with Crippen molar-refractivity contribution < 1.29 is 28.2 Å². The standard InChI is InChI=1S/C34H31F2N7O4/c1-3-42-18-38-12-22(42)13-43-27-9-21(34(44)45)10-28(46-2)33(27)39-29(43)16-41-14-23-24(15-41)31(23)32-25(35)6-7-30(40-32)47-17-20-5-4-19(11-37)8-26(20)36/h4-10,12,18,23-24,31H,3,13-17H2,1-2H3,(H,44,45). The molecule has 3 aromatic heterocycles. The van der Waals surface area contributed by atoms with E-state index in [0.717, 1.165) is 24.1 Å². The first-order valence-electron chi connectivity index (χ1n) is 15.3. The smallest absolute Gasteiger partial charge is 0.335 e. The third-order valence-corrected chi connectivity index (χ3v) is 9.18. The fraction of sp³-hybridized carbons (Fsp3) is 0.324. The highest BCUT2D eigenvalue weighted by Crippen LogP contribution is 2.58. The van der Waals surface area contributed by atoms with E-state index in [4.69, 9.17) is 19.7 Å². The lowest BCUT2D eigenvalue weighted by molar-refractivity contribution is 0.0696. The van der Waals surface area contributed by atoms with Crippen LogP contribution in [0.5, 0.6) is 11.6 Å². The van der Waals surface area contributed by atoms with Crippen LogP contribution in [0.4, 0.5) is 8.78 Å². The van der Waals surface area contributed by atoms with Crippen LogP contribution in [-0.4, -0.2) is 60.3 Å². The summed E-state index contributed by atoms with van der Waals surface area (Å²) < 4.78 is 44.6. The number of fused-ring (bicyclic) bond motifs is 2. The molecule has 2 unspecified atom stereocenters. The van der Waals surface area contributed by atoms with Crippen LogP contribution in [0.2, 0.25) is 0 Å². The van der Waals surface area contributed by atoms with Gasteiger partial charge in [-0.15, -0.1) is 0 Å². The van der Waals surface area contributed by atoms with Gasteiger partial charge in [0.15, 0.2) is 0 Å². The van der Waals surface area contributed by atoms with Crippen LogP contribution in [0, 0.1) is 34.8 Å². The summed E-state index contributed by atoms with van der Waals surface area (Å²) in [4.78, 5) is 27.9. The maximum Gasteiger partial charge on any atom is 0.335 e. The quantitative estimate of drug-likeness (QED) is 0.213. The van der Waals surface area contributed by atoms with Crippen molar-refractivity contribution in [3.63, 3.8) is 0 Å². The lowest BCUT2D eigenvalue weighted by Crippen LogP contribution is -2.26. The average Bonchev–Trinajstić information content (AvgIpc) is 3.42. The Hall–Kier alpha value is -5.35. The molecule has 1 saturated carbocycles. The van der Waals surface area contributed by atoms with E-state index in [1.165, 1.54) is 37.4 Å². The van der Waals surface area contributed by atoms with Gasteiger partial charge in [0.05, 0.1) is 60.6 Å². The van der Waals surface area contributed by atoms with Gasteiger partial charge < -0.3 is 23.7 Å². The fourth-order valence-corrected chi connectivity index (χ4v) is 6.73. The Balaban J connectivity index is 1.09. The number of rotatable bonds is 11. The zero-order chi connectivity index (χ0) is 32.8. The molecule has 13 heteroatoms. The molecule has 0 radical (unpaired) electrons. The summed E-state index contributed by atoms with van der Waals surface area (Å²) in [6.45, 7) is 5.06. The number of nitriles is 1. The zero-order valence-electron chi connectivity index (χ0n) is 25.7. The monoisotopic (exact) mass is 639 g/mol. The van der Waals surface area contributed by atoms with Crippen LogP contribution >= 0.6 is 0 Å². The minimum absolute atomic E-state index is 0.0580. The summed E-state index contributed by atoms with van der Waals surface area (Å²) in [6.07, 6.45) is 3.57. The Labute approximate surface area is 268 Å². The third-order valence-electron chi connectivity index (χ3n) is 9.18. The Kier molecular flexibility index (Phi) is 7.81. The van der Waals surface area contributed by atoms with Crippen molar-refractivity contribution in [1.82, 2.24) is 29.0 Å². The number of likely N-dealkylation sites (tertiary alicyclic amines) is 1. The number of carboxylic acids is 1. The number of piperidine rings is 1. The number of carbonyl (C=O) groups is 1. The molecular weight excluding hydrogens is 608 g/mol. The molecule has 4 heterocycles. The molecule has 1 N–H and O–H groups in total. The molecule has 0 bridgehead atoms. The van der Waals surface area contributed by atoms with Gasteiger partial charge in [0.1, 0.15) is 35.3 Å². The highest BCUT2D eigenvalue weighted by molar-refractivity contribution is 5.95. The van der Waals surface area contributed by atoms with E-state index in [9.17, 15) is 18.7 Å². The van der Waals surface area contributed by atoms with Gasteiger partial charge in [-0.25, -0.2) is 28.5 Å². The number of hydrogen-bond acceptors (Lipinski definition) is 8. The summed E-state index contributed by atoms with van der Waals surface area (Å²) in [7, 11) is 1.50. The van der Waals surface area contributed by atoms with Crippen molar-refractivity contribution in [1.29, 1.82) is 5.26 Å². The second-order valence-corrected chi connectivity index (χ2v) is 11.9. The number of benzene rings is 2. The van der Waals surface area contributed by atoms with Crippen molar-refractivity contribution in [3.8, 4) is 17.7 Å². The van der Waals surface area contributed by atoms with Crippen LogP contribution in [0.1, 0.15) is 51.5 Å². The van der Waals surface area contributed by atoms with Crippen molar-refractivity contribution in [2.45, 2.75) is 39.1 Å². The first-order chi connectivity index (χ1) is 22.8. The number of nitrogens with zero attached hydrogens (tertiary/aromatic N) is 7. The largest absolute Gasteiger partial charge is 0.494 e. The lowest BCUT2D eigenvalue weighted by Gasteiger charge is -2.20. The van der Waals surface area contributed by atoms with Gasteiger partial charge in [-0.2, -0.15) is 5.26 Å². The number of imidazole rings is 2. The van der Waals surface area contributed by atoms with Gasteiger partial charge in [-0.3, -0.25) is 4.90 Å². The molecule has 1 aliphatic carbocycles. The van der Waals surface area contributed by atoms with Gasteiger partial charge in [0, 0.05) is 43.4 Å². The number of methoxy groups -OCH3 is 1. The van der Waals surface area contributed by atoms with Crippen LogP contribution in [0.25, 0.3) is 11.0 Å². The van der Waals surface area contributed by atoms with E-state index in [2.05, 4.69) is 14.9 Å². The summed E-state index contributed by atoms with van der Waals surface area (Å²) >= 11 is 0. The molecule has 2 aromatic carbocycles. The number of aryl methyl sites for hydroxylation is 1. The van der Waals surface area contributed by atoms with Gasteiger partial charge in [-0.05, 0) is 49.1 Å². The number of pyridine rings is 1. The molecular formula is C34H31F2N7O4. The third kappa shape index (κ3) is 5.65. The highest BCUT2D eigenvalue weighted by atomic mass is 19.1. The molecule has 2 aliphatic rings.